The summed E-state index contributed by atoms with van der Waals surface area (Å²) < 4.78 is 4.75. The van der Waals surface area contributed by atoms with E-state index >= 15 is 0 Å². The van der Waals surface area contributed by atoms with E-state index in [0.717, 1.165) is 0 Å². The molecular weight excluding hydrogens is 270 g/mol. The summed E-state index contributed by atoms with van der Waals surface area (Å²) >= 11 is 0. The Kier molecular flexibility index (Phi) is 6.33. The van der Waals surface area contributed by atoms with Crippen molar-refractivity contribution in [3.05, 3.63) is 24.3 Å². The van der Waals surface area contributed by atoms with Crippen molar-refractivity contribution in [2.45, 2.75) is 26.3 Å². The number of methoxy groups -OCH3 is 1. The van der Waals surface area contributed by atoms with Gasteiger partial charge in [-0.1, -0.05) is 13.0 Å². The van der Waals surface area contributed by atoms with Gasteiger partial charge in [0.1, 0.15) is 6.61 Å². The van der Waals surface area contributed by atoms with E-state index in [9.17, 15) is 9.59 Å². The molecule has 0 spiro atoms. The number of benzene rings is 1. The van der Waals surface area contributed by atoms with Crippen molar-refractivity contribution in [2.24, 2.45) is 0 Å². The molecule has 1 aromatic carbocycles. The van der Waals surface area contributed by atoms with Crippen LogP contribution in [0.1, 0.15) is 20.8 Å². The molecule has 6 nitrogen and oxygen atoms in total. The first-order valence-electron chi connectivity index (χ1n) is 6.84. The van der Waals surface area contributed by atoms with Gasteiger partial charge in [0.15, 0.2) is 0 Å². The molecule has 6 heteroatoms. The Bertz CT molecular complexity index is 501. The zero-order valence-electron chi connectivity index (χ0n) is 12.9. The number of carbonyl (C=O) groups excluding carboxylic acids is 2. The summed E-state index contributed by atoms with van der Waals surface area (Å²) in [4.78, 5) is 23.6. The molecule has 3 N–H and O–H groups in total. The summed E-state index contributed by atoms with van der Waals surface area (Å²) in [5.74, 6) is -0.376. The van der Waals surface area contributed by atoms with Crippen molar-refractivity contribution >= 4 is 23.2 Å². The Balaban J connectivity index is 2.72. The third-order valence-electron chi connectivity index (χ3n) is 2.87. The second kappa shape index (κ2) is 7.75. The van der Waals surface area contributed by atoms with Gasteiger partial charge in [-0.25, -0.2) is 0 Å². The predicted octanol–water partition coefficient (Wildman–Crippen LogP) is 1.60. The summed E-state index contributed by atoms with van der Waals surface area (Å²) in [7, 11) is 1.46. The second-order valence-electron chi connectivity index (χ2n) is 5.17. The first-order chi connectivity index (χ1) is 9.89. The molecule has 1 aromatic rings. The molecule has 0 heterocycles. The first-order valence-corrected chi connectivity index (χ1v) is 6.84. The maximum atomic E-state index is 12.2. The minimum Gasteiger partial charge on any atom is -0.375 e. The lowest BCUT2D eigenvalue weighted by molar-refractivity contribution is -0.121. The first kappa shape index (κ1) is 17.1. The third kappa shape index (κ3) is 5.53. The number of hydrogen-bond donors (Lipinski definition) is 3. The fourth-order valence-corrected chi connectivity index (χ4v) is 1.81. The van der Waals surface area contributed by atoms with E-state index in [2.05, 4.69) is 16.0 Å². The Morgan fingerprint density at radius 3 is 2.38 bits per heavy atom. The molecule has 0 saturated carbocycles. The van der Waals surface area contributed by atoms with E-state index in [1.807, 2.05) is 20.8 Å². The molecule has 0 fully saturated rings. The van der Waals surface area contributed by atoms with Gasteiger partial charge in [-0.05, 0) is 38.6 Å². The van der Waals surface area contributed by atoms with Crippen LogP contribution in [0.4, 0.5) is 11.4 Å². The highest BCUT2D eigenvalue weighted by Crippen LogP contribution is 2.16. The molecule has 0 unspecified atom stereocenters. The lowest BCUT2D eigenvalue weighted by Crippen LogP contribution is -2.49. The largest absolute Gasteiger partial charge is 0.375 e. The molecule has 0 saturated heterocycles. The fraction of sp³-hybridized carbons (Fsp3) is 0.467. The maximum Gasteiger partial charge on any atom is 0.250 e. The molecule has 0 atom stereocenters. The summed E-state index contributed by atoms with van der Waals surface area (Å²) in [6.07, 6.45) is 0. The molecule has 0 aromatic heterocycles. The smallest absolute Gasteiger partial charge is 0.250 e. The van der Waals surface area contributed by atoms with Gasteiger partial charge in [0.2, 0.25) is 11.8 Å². The number of anilines is 2. The van der Waals surface area contributed by atoms with Gasteiger partial charge in [-0.2, -0.15) is 0 Å². The van der Waals surface area contributed by atoms with Crippen LogP contribution in [0.3, 0.4) is 0 Å². The zero-order chi connectivity index (χ0) is 15.9. The molecule has 0 aliphatic heterocycles. The fourth-order valence-electron chi connectivity index (χ4n) is 1.81. The van der Waals surface area contributed by atoms with Gasteiger partial charge in [0.25, 0.3) is 0 Å². The molecular formula is C15H23N3O3. The second-order valence-corrected chi connectivity index (χ2v) is 5.17. The average molecular weight is 293 g/mol. The summed E-state index contributed by atoms with van der Waals surface area (Å²) in [6.45, 7) is 6.27. The minimum atomic E-state index is -0.663. The normalized spacial score (nSPS) is 11.0. The minimum absolute atomic E-state index is 0.00988. The molecule has 116 valence electrons. The maximum absolute atomic E-state index is 12.2. The van der Waals surface area contributed by atoms with Gasteiger partial charge in [-0.15, -0.1) is 0 Å². The monoisotopic (exact) mass is 293 g/mol. The van der Waals surface area contributed by atoms with Crippen LogP contribution in [0.5, 0.6) is 0 Å². The van der Waals surface area contributed by atoms with Gasteiger partial charge in [-0.3, -0.25) is 9.59 Å². The van der Waals surface area contributed by atoms with Crippen molar-refractivity contribution in [2.75, 3.05) is 30.9 Å². The highest BCUT2D eigenvalue weighted by atomic mass is 16.5. The van der Waals surface area contributed by atoms with Crippen LogP contribution in [0.15, 0.2) is 24.3 Å². The SMILES string of the molecule is CCNC(C)(C)C(=O)Nc1cccc(NC(=O)COC)c1. The molecule has 1 rings (SSSR count). The van der Waals surface area contributed by atoms with Gasteiger partial charge in [0, 0.05) is 18.5 Å². The molecule has 0 bridgehead atoms. The Morgan fingerprint density at radius 1 is 1.19 bits per heavy atom. The number of ether oxygens (including phenoxy) is 1. The third-order valence-corrected chi connectivity index (χ3v) is 2.87. The number of likely N-dealkylation sites (N-methyl/N-ethyl adjacent to an activating group) is 1. The lowest BCUT2D eigenvalue weighted by Gasteiger charge is -2.24. The van der Waals surface area contributed by atoms with Gasteiger partial charge >= 0.3 is 0 Å². The molecule has 2 amide bonds. The van der Waals surface area contributed by atoms with E-state index in [0.29, 0.717) is 17.9 Å². The van der Waals surface area contributed by atoms with E-state index in [4.69, 9.17) is 4.74 Å². The number of amides is 2. The van der Waals surface area contributed by atoms with E-state index in [-0.39, 0.29) is 18.4 Å². The van der Waals surface area contributed by atoms with Crippen molar-refractivity contribution in [1.29, 1.82) is 0 Å². The quantitative estimate of drug-likeness (QED) is 0.713. The topological polar surface area (TPSA) is 79.5 Å². The Morgan fingerprint density at radius 2 is 1.81 bits per heavy atom. The molecule has 21 heavy (non-hydrogen) atoms. The van der Waals surface area contributed by atoms with E-state index < -0.39 is 5.54 Å². The van der Waals surface area contributed by atoms with Crippen LogP contribution < -0.4 is 16.0 Å². The van der Waals surface area contributed by atoms with Gasteiger partial charge < -0.3 is 20.7 Å². The van der Waals surface area contributed by atoms with Crippen molar-refractivity contribution in [3.63, 3.8) is 0 Å². The van der Waals surface area contributed by atoms with Crippen LogP contribution in [0.25, 0.3) is 0 Å². The molecule has 0 radical (unpaired) electrons. The summed E-state index contributed by atoms with van der Waals surface area (Å²) in [5, 5.41) is 8.63. The lowest BCUT2D eigenvalue weighted by atomic mass is 10.0. The standard InChI is InChI=1S/C15H23N3O3/c1-5-16-15(2,3)14(20)18-12-8-6-7-11(9-12)17-13(19)10-21-4/h6-9,16H,5,10H2,1-4H3,(H,17,19)(H,18,20). The van der Waals surface area contributed by atoms with Crippen LogP contribution in [-0.2, 0) is 14.3 Å². The highest BCUT2D eigenvalue weighted by Gasteiger charge is 2.26. The highest BCUT2D eigenvalue weighted by molar-refractivity contribution is 5.98. The number of hydrogen-bond acceptors (Lipinski definition) is 4. The predicted molar refractivity (Wildman–Crippen MR) is 83.3 cm³/mol. The van der Waals surface area contributed by atoms with Gasteiger partial charge in [0.05, 0.1) is 5.54 Å². The van der Waals surface area contributed by atoms with Crippen molar-refractivity contribution in [3.8, 4) is 0 Å². The average Bonchev–Trinajstić information content (AvgIpc) is 2.39. The van der Waals surface area contributed by atoms with Crippen LogP contribution >= 0.6 is 0 Å². The number of nitrogens with one attached hydrogen (secondary N) is 3. The number of rotatable bonds is 7. The van der Waals surface area contributed by atoms with Crippen LogP contribution in [0, 0.1) is 0 Å². The Hall–Kier alpha value is -1.92. The van der Waals surface area contributed by atoms with Crippen LogP contribution in [-0.4, -0.2) is 37.6 Å². The van der Waals surface area contributed by atoms with Crippen LogP contribution in [0.2, 0.25) is 0 Å². The van der Waals surface area contributed by atoms with E-state index in [1.54, 1.807) is 24.3 Å². The summed E-state index contributed by atoms with van der Waals surface area (Å²) in [6, 6.07) is 6.98. The number of carbonyl (C=O) groups is 2. The molecule has 0 aliphatic carbocycles. The van der Waals surface area contributed by atoms with Crippen molar-refractivity contribution < 1.29 is 14.3 Å². The summed E-state index contributed by atoms with van der Waals surface area (Å²) in [5.41, 5.74) is 0.571. The zero-order valence-corrected chi connectivity index (χ0v) is 12.9. The molecule has 0 aliphatic rings. The van der Waals surface area contributed by atoms with E-state index in [1.165, 1.54) is 7.11 Å². The Labute approximate surface area is 125 Å². The van der Waals surface area contributed by atoms with Crippen molar-refractivity contribution in [1.82, 2.24) is 5.32 Å².